The van der Waals surface area contributed by atoms with E-state index in [1.54, 1.807) is 0 Å². The van der Waals surface area contributed by atoms with Crippen molar-refractivity contribution in [1.82, 2.24) is 25.2 Å². The monoisotopic (exact) mass is 419 g/mol. The molecule has 2 fully saturated rings. The minimum absolute atomic E-state index is 0. The molecule has 0 atom stereocenters. The number of para-hydroxylation sites is 1. The Hall–Kier alpha value is -2.12. The smallest absolute Gasteiger partial charge is 0.276 e. The maximum absolute atomic E-state index is 12.8. The fourth-order valence-electron chi connectivity index (χ4n) is 4.11. The lowest BCUT2D eigenvalue weighted by atomic mass is 10.1. The van der Waals surface area contributed by atoms with Gasteiger partial charge in [-0.15, -0.1) is 17.5 Å². The number of ether oxygens (including phenoxy) is 1. The minimum Gasteiger partial charge on any atom is -0.490 e. The molecule has 1 amide bonds. The number of nitrogens with one attached hydrogen (secondary N) is 1. The van der Waals surface area contributed by atoms with Crippen molar-refractivity contribution >= 4 is 18.3 Å². The summed E-state index contributed by atoms with van der Waals surface area (Å²) < 4.78 is 8.12. The lowest BCUT2D eigenvalue weighted by Gasteiger charge is -2.32. The number of hydrogen-bond acceptors (Lipinski definition) is 5. The molecular formula is C21H30ClN5O2. The highest BCUT2D eigenvalue weighted by Gasteiger charge is 2.27. The van der Waals surface area contributed by atoms with Gasteiger partial charge in [0.15, 0.2) is 5.69 Å². The second-order valence-electron chi connectivity index (χ2n) is 7.90. The van der Waals surface area contributed by atoms with E-state index >= 15 is 0 Å². The van der Waals surface area contributed by atoms with Crippen LogP contribution in [0.2, 0.25) is 0 Å². The number of amides is 1. The van der Waals surface area contributed by atoms with E-state index < -0.39 is 0 Å². The van der Waals surface area contributed by atoms with Crippen LogP contribution in [0.1, 0.15) is 53.3 Å². The standard InChI is InChI=1S/C21H29N5O2.ClH/c1-15-4-3-5-16(2)20(15)28-18-8-12-25(13-9-18)21(27)19-14-26(24-23-19)17-6-10-22-11-7-17;/h3-5,14,17-18,22H,6-13H2,1-2H3;1H. The topological polar surface area (TPSA) is 72.3 Å². The van der Waals surface area contributed by atoms with Gasteiger partial charge in [-0.25, -0.2) is 4.68 Å². The van der Waals surface area contributed by atoms with Gasteiger partial charge in [-0.1, -0.05) is 23.4 Å². The number of rotatable bonds is 4. The molecule has 0 saturated carbocycles. The second kappa shape index (κ2) is 9.59. The van der Waals surface area contributed by atoms with Crippen LogP contribution in [0, 0.1) is 13.8 Å². The minimum atomic E-state index is -0.0225. The Balaban J connectivity index is 0.00000240. The van der Waals surface area contributed by atoms with E-state index in [-0.39, 0.29) is 24.4 Å². The second-order valence-corrected chi connectivity index (χ2v) is 7.90. The van der Waals surface area contributed by atoms with E-state index in [0.717, 1.165) is 55.6 Å². The van der Waals surface area contributed by atoms with Gasteiger partial charge in [0.05, 0.1) is 12.2 Å². The van der Waals surface area contributed by atoms with Crippen LogP contribution >= 0.6 is 12.4 Å². The van der Waals surface area contributed by atoms with Crippen LogP contribution in [0.25, 0.3) is 0 Å². The first-order chi connectivity index (χ1) is 13.6. The molecule has 1 N–H and O–H groups in total. The fraction of sp³-hybridized carbons (Fsp3) is 0.571. The van der Waals surface area contributed by atoms with Crippen LogP contribution in [0.4, 0.5) is 0 Å². The number of carbonyl (C=O) groups is 1. The molecule has 8 heteroatoms. The first-order valence-corrected chi connectivity index (χ1v) is 10.3. The molecule has 0 radical (unpaired) electrons. The van der Waals surface area contributed by atoms with Crippen molar-refractivity contribution in [3.05, 3.63) is 41.2 Å². The molecule has 0 unspecified atom stereocenters. The zero-order chi connectivity index (χ0) is 19.5. The van der Waals surface area contributed by atoms with E-state index in [1.165, 1.54) is 0 Å². The highest BCUT2D eigenvalue weighted by molar-refractivity contribution is 5.92. The van der Waals surface area contributed by atoms with Gasteiger partial charge in [0, 0.05) is 25.9 Å². The molecule has 2 aromatic rings. The molecule has 1 aromatic carbocycles. The Morgan fingerprint density at radius 2 is 1.76 bits per heavy atom. The summed E-state index contributed by atoms with van der Waals surface area (Å²) in [5.41, 5.74) is 2.77. The van der Waals surface area contributed by atoms with Gasteiger partial charge in [-0.2, -0.15) is 0 Å². The Morgan fingerprint density at radius 1 is 1.10 bits per heavy atom. The number of aromatic nitrogens is 3. The summed E-state index contributed by atoms with van der Waals surface area (Å²) in [5.74, 6) is 0.961. The van der Waals surface area contributed by atoms with Crippen LogP contribution in [-0.4, -0.2) is 58.1 Å². The third kappa shape index (κ3) is 4.90. The van der Waals surface area contributed by atoms with Crippen molar-refractivity contribution in [3.63, 3.8) is 0 Å². The van der Waals surface area contributed by atoms with E-state index in [9.17, 15) is 4.79 Å². The molecule has 2 aliphatic heterocycles. The van der Waals surface area contributed by atoms with Gasteiger partial charge < -0.3 is 15.0 Å². The molecule has 4 rings (SSSR count). The summed E-state index contributed by atoms with van der Waals surface area (Å²) in [5, 5.41) is 11.7. The number of piperidine rings is 2. The average molecular weight is 420 g/mol. The zero-order valence-corrected chi connectivity index (χ0v) is 18.0. The normalized spacial score (nSPS) is 18.3. The van der Waals surface area contributed by atoms with E-state index in [4.69, 9.17) is 4.74 Å². The number of aryl methyl sites for hydroxylation is 2. The largest absolute Gasteiger partial charge is 0.490 e. The van der Waals surface area contributed by atoms with E-state index in [0.29, 0.717) is 24.8 Å². The molecule has 0 bridgehead atoms. The summed E-state index contributed by atoms with van der Waals surface area (Å²) in [6.07, 6.45) is 5.69. The van der Waals surface area contributed by atoms with Crippen LogP contribution < -0.4 is 10.1 Å². The average Bonchev–Trinajstić information content (AvgIpc) is 3.22. The maximum atomic E-state index is 12.8. The van der Waals surface area contributed by atoms with Gasteiger partial charge in [-0.3, -0.25) is 4.79 Å². The number of carbonyl (C=O) groups excluding carboxylic acids is 1. The molecular weight excluding hydrogens is 390 g/mol. The maximum Gasteiger partial charge on any atom is 0.276 e. The molecule has 158 valence electrons. The number of nitrogens with zero attached hydrogens (tertiary/aromatic N) is 4. The number of hydrogen-bond donors (Lipinski definition) is 1. The van der Waals surface area contributed by atoms with E-state index in [1.807, 2.05) is 15.8 Å². The number of benzene rings is 1. The van der Waals surface area contributed by atoms with Crippen molar-refractivity contribution < 1.29 is 9.53 Å². The number of likely N-dealkylation sites (tertiary alicyclic amines) is 1. The summed E-state index contributed by atoms with van der Waals surface area (Å²) in [4.78, 5) is 14.7. The predicted octanol–water partition coefficient (Wildman–Crippen LogP) is 2.92. The van der Waals surface area contributed by atoms with Gasteiger partial charge in [0.1, 0.15) is 11.9 Å². The van der Waals surface area contributed by atoms with Gasteiger partial charge in [-0.05, 0) is 50.9 Å². The van der Waals surface area contributed by atoms with Crippen LogP contribution in [-0.2, 0) is 0 Å². The summed E-state index contributed by atoms with van der Waals surface area (Å²) >= 11 is 0. The fourth-order valence-corrected chi connectivity index (χ4v) is 4.11. The van der Waals surface area contributed by atoms with Gasteiger partial charge in [0.2, 0.25) is 0 Å². The zero-order valence-electron chi connectivity index (χ0n) is 17.1. The van der Waals surface area contributed by atoms with Crippen LogP contribution in [0.5, 0.6) is 5.75 Å². The molecule has 0 aliphatic carbocycles. The Labute approximate surface area is 178 Å². The van der Waals surface area contributed by atoms with E-state index in [2.05, 4.69) is 47.7 Å². The molecule has 2 aliphatic rings. The first-order valence-electron chi connectivity index (χ1n) is 10.3. The SMILES string of the molecule is Cc1cccc(C)c1OC1CCN(C(=O)c2cn(C3CCNCC3)nn2)CC1.Cl. The highest BCUT2D eigenvalue weighted by Crippen LogP contribution is 2.26. The number of halogens is 1. The first kappa shape index (κ1) is 21.6. The molecule has 7 nitrogen and oxygen atoms in total. The van der Waals surface area contributed by atoms with Crippen LogP contribution in [0.3, 0.4) is 0 Å². The Kier molecular flexibility index (Phi) is 7.14. The summed E-state index contributed by atoms with van der Waals surface area (Å²) in [6, 6.07) is 6.54. The van der Waals surface area contributed by atoms with Crippen LogP contribution in [0.15, 0.2) is 24.4 Å². The van der Waals surface area contributed by atoms with Crippen molar-refractivity contribution in [2.75, 3.05) is 26.2 Å². The molecule has 29 heavy (non-hydrogen) atoms. The highest BCUT2D eigenvalue weighted by atomic mass is 35.5. The predicted molar refractivity (Wildman–Crippen MR) is 114 cm³/mol. The molecule has 3 heterocycles. The Morgan fingerprint density at radius 3 is 2.41 bits per heavy atom. The van der Waals surface area contributed by atoms with Gasteiger partial charge >= 0.3 is 0 Å². The Bertz CT molecular complexity index is 806. The lowest BCUT2D eigenvalue weighted by Crippen LogP contribution is -2.42. The van der Waals surface area contributed by atoms with Crippen molar-refractivity contribution in [2.45, 2.75) is 51.7 Å². The molecule has 2 saturated heterocycles. The van der Waals surface area contributed by atoms with Crippen molar-refractivity contribution in [3.8, 4) is 5.75 Å². The quantitative estimate of drug-likeness (QED) is 0.824. The third-order valence-corrected chi connectivity index (χ3v) is 5.83. The summed E-state index contributed by atoms with van der Waals surface area (Å²) in [7, 11) is 0. The van der Waals surface area contributed by atoms with Crippen molar-refractivity contribution in [1.29, 1.82) is 0 Å². The lowest BCUT2D eigenvalue weighted by molar-refractivity contribution is 0.0587. The van der Waals surface area contributed by atoms with Crippen molar-refractivity contribution in [2.24, 2.45) is 0 Å². The summed E-state index contributed by atoms with van der Waals surface area (Å²) in [6.45, 7) is 7.51. The molecule has 1 aromatic heterocycles. The molecule has 0 spiro atoms. The third-order valence-electron chi connectivity index (χ3n) is 5.83. The van der Waals surface area contributed by atoms with Gasteiger partial charge in [0.25, 0.3) is 5.91 Å².